The van der Waals surface area contributed by atoms with Crippen LogP contribution in [0.2, 0.25) is 0 Å². The fourth-order valence-electron chi connectivity index (χ4n) is 5.21. The van der Waals surface area contributed by atoms with Crippen LogP contribution in [0.25, 0.3) is 0 Å². The number of carbonyl (C=O) groups excluding carboxylic acids is 1. The molecule has 2 heterocycles. The van der Waals surface area contributed by atoms with Crippen LogP contribution in [-0.2, 0) is 4.79 Å². The van der Waals surface area contributed by atoms with E-state index in [-0.39, 0.29) is 29.7 Å². The molecule has 2 aliphatic heterocycles. The van der Waals surface area contributed by atoms with E-state index in [9.17, 15) is 9.18 Å². The van der Waals surface area contributed by atoms with E-state index >= 15 is 0 Å². The summed E-state index contributed by atoms with van der Waals surface area (Å²) >= 11 is 0. The number of piperidine rings is 1. The Balaban J connectivity index is 1.35. The van der Waals surface area contributed by atoms with Crippen molar-refractivity contribution in [2.24, 2.45) is 17.6 Å². The highest BCUT2D eigenvalue weighted by molar-refractivity contribution is 5.79. The molecule has 3 aliphatic rings. The first kappa shape index (κ1) is 18.8. The molecule has 0 radical (unpaired) electrons. The minimum Gasteiger partial charge on any atom is -0.342 e. The smallest absolute Gasteiger partial charge is 0.225 e. The minimum atomic E-state index is -0.177. The SMILES string of the molecule is N[C@H]1CCC[C@@H](C(=O)N2CCC(C3NNCC3c3cccc(F)c3)CC2)C1. The van der Waals surface area contributed by atoms with E-state index in [1.807, 2.05) is 6.07 Å². The van der Waals surface area contributed by atoms with Crippen LogP contribution in [0.1, 0.15) is 50.0 Å². The maximum absolute atomic E-state index is 13.6. The second-order valence-corrected chi connectivity index (χ2v) is 8.50. The van der Waals surface area contributed by atoms with Crippen LogP contribution in [0, 0.1) is 17.7 Å². The van der Waals surface area contributed by atoms with Gasteiger partial charge in [-0.25, -0.2) is 4.39 Å². The molecule has 1 aliphatic carbocycles. The number of amides is 1. The first-order chi connectivity index (χ1) is 13.1. The highest BCUT2D eigenvalue weighted by atomic mass is 19.1. The number of nitrogens with one attached hydrogen (secondary N) is 2. The number of nitrogens with zero attached hydrogens (tertiary/aromatic N) is 1. The zero-order chi connectivity index (χ0) is 18.8. The van der Waals surface area contributed by atoms with Gasteiger partial charge in [-0.3, -0.25) is 15.6 Å². The number of nitrogens with two attached hydrogens (primary N) is 1. The molecule has 1 amide bonds. The average molecular weight is 375 g/mol. The molecular formula is C21H31FN4O. The Morgan fingerprint density at radius 1 is 1.19 bits per heavy atom. The predicted octanol–water partition coefficient (Wildman–Crippen LogP) is 2.14. The summed E-state index contributed by atoms with van der Waals surface area (Å²) in [6.07, 6.45) is 5.94. The standard InChI is InChI=1S/C21H31FN4O/c22-17-5-1-3-15(11-17)19-13-24-25-20(19)14-7-9-26(10-8-14)21(27)16-4-2-6-18(23)12-16/h1,3,5,11,14,16,18-20,24-25H,2,4,6-10,12-13,23H2/t16-,18+,19?,20?/m1/s1. The molecule has 1 saturated carbocycles. The summed E-state index contributed by atoms with van der Waals surface area (Å²) in [5, 5.41) is 0. The van der Waals surface area contributed by atoms with Crippen molar-refractivity contribution in [1.82, 2.24) is 15.8 Å². The van der Waals surface area contributed by atoms with Crippen molar-refractivity contribution in [3.63, 3.8) is 0 Å². The van der Waals surface area contributed by atoms with Crippen molar-refractivity contribution in [2.75, 3.05) is 19.6 Å². The summed E-state index contributed by atoms with van der Waals surface area (Å²) in [7, 11) is 0. The molecule has 2 saturated heterocycles. The maximum atomic E-state index is 13.6. The molecule has 0 bridgehead atoms. The van der Waals surface area contributed by atoms with Gasteiger partial charge in [-0.1, -0.05) is 18.6 Å². The summed E-state index contributed by atoms with van der Waals surface area (Å²) < 4.78 is 13.6. The number of carbonyl (C=O) groups is 1. The van der Waals surface area contributed by atoms with Gasteiger partial charge in [0.05, 0.1) is 0 Å². The number of halogens is 1. The number of rotatable bonds is 3. The lowest BCUT2D eigenvalue weighted by Gasteiger charge is -2.39. The zero-order valence-electron chi connectivity index (χ0n) is 15.9. The lowest BCUT2D eigenvalue weighted by Crippen LogP contribution is -2.48. The average Bonchev–Trinajstić information content (AvgIpc) is 3.17. The van der Waals surface area contributed by atoms with Gasteiger partial charge in [0.1, 0.15) is 5.82 Å². The van der Waals surface area contributed by atoms with E-state index < -0.39 is 0 Å². The van der Waals surface area contributed by atoms with Gasteiger partial charge >= 0.3 is 0 Å². The Labute approximate surface area is 160 Å². The highest BCUT2D eigenvalue weighted by Gasteiger charge is 2.38. The molecule has 4 N–H and O–H groups in total. The molecule has 148 valence electrons. The lowest BCUT2D eigenvalue weighted by molar-refractivity contribution is -0.138. The molecular weight excluding hydrogens is 343 g/mol. The van der Waals surface area contributed by atoms with E-state index in [4.69, 9.17) is 5.73 Å². The second-order valence-electron chi connectivity index (χ2n) is 8.50. The highest BCUT2D eigenvalue weighted by Crippen LogP contribution is 2.33. The predicted molar refractivity (Wildman–Crippen MR) is 103 cm³/mol. The van der Waals surface area contributed by atoms with Gasteiger partial charge < -0.3 is 10.6 Å². The van der Waals surface area contributed by atoms with Crippen molar-refractivity contribution >= 4 is 5.91 Å². The minimum absolute atomic E-state index is 0.122. The summed E-state index contributed by atoms with van der Waals surface area (Å²) in [5.74, 6) is 1.01. The third-order valence-corrected chi connectivity index (χ3v) is 6.72. The Morgan fingerprint density at radius 2 is 2.00 bits per heavy atom. The second kappa shape index (κ2) is 8.25. The van der Waals surface area contributed by atoms with Crippen LogP contribution in [0.3, 0.4) is 0 Å². The Kier molecular flexibility index (Phi) is 5.76. The van der Waals surface area contributed by atoms with Crippen LogP contribution >= 0.6 is 0 Å². The van der Waals surface area contributed by atoms with Crippen molar-refractivity contribution < 1.29 is 9.18 Å². The van der Waals surface area contributed by atoms with Crippen LogP contribution in [0.4, 0.5) is 4.39 Å². The quantitative estimate of drug-likeness (QED) is 0.758. The first-order valence-electron chi connectivity index (χ1n) is 10.4. The van der Waals surface area contributed by atoms with Gasteiger partial charge in [0, 0.05) is 43.6 Å². The molecule has 1 aromatic rings. The maximum Gasteiger partial charge on any atom is 0.225 e. The molecule has 4 atom stereocenters. The Morgan fingerprint density at radius 3 is 2.74 bits per heavy atom. The van der Waals surface area contributed by atoms with Gasteiger partial charge in [0.25, 0.3) is 0 Å². The number of benzene rings is 1. The molecule has 27 heavy (non-hydrogen) atoms. The normalized spacial score (nSPS) is 32.6. The van der Waals surface area contributed by atoms with Gasteiger partial charge in [0.15, 0.2) is 0 Å². The Hall–Kier alpha value is -1.50. The summed E-state index contributed by atoms with van der Waals surface area (Å²) in [6.45, 7) is 2.46. The fourth-order valence-corrected chi connectivity index (χ4v) is 5.21. The van der Waals surface area contributed by atoms with E-state index in [0.717, 1.165) is 63.7 Å². The largest absolute Gasteiger partial charge is 0.342 e. The fraction of sp³-hybridized carbons (Fsp3) is 0.667. The zero-order valence-corrected chi connectivity index (χ0v) is 15.9. The molecule has 0 aromatic heterocycles. The molecule has 6 heteroatoms. The molecule has 3 fully saturated rings. The van der Waals surface area contributed by atoms with E-state index in [1.54, 1.807) is 12.1 Å². The van der Waals surface area contributed by atoms with E-state index in [1.165, 1.54) is 6.07 Å². The van der Waals surface area contributed by atoms with Crippen molar-refractivity contribution in [2.45, 2.75) is 56.5 Å². The third-order valence-electron chi connectivity index (χ3n) is 6.72. The molecule has 2 unspecified atom stereocenters. The molecule has 1 aromatic carbocycles. The van der Waals surface area contributed by atoms with Gasteiger partial charge in [-0.2, -0.15) is 0 Å². The monoisotopic (exact) mass is 374 g/mol. The van der Waals surface area contributed by atoms with E-state index in [0.29, 0.717) is 11.8 Å². The first-order valence-corrected chi connectivity index (χ1v) is 10.4. The summed E-state index contributed by atoms with van der Waals surface area (Å²) in [5.41, 5.74) is 13.8. The van der Waals surface area contributed by atoms with Gasteiger partial charge in [-0.05, 0) is 55.7 Å². The van der Waals surface area contributed by atoms with Gasteiger partial charge in [0.2, 0.25) is 5.91 Å². The van der Waals surface area contributed by atoms with E-state index in [2.05, 4.69) is 15.8 Å². The molecule has 4 rings (SSSR count). The Bertz CT molecular complexity index is 661. The number of likely N-dealkylation sites (tertiary alicyclic amines) is 1. The summed E-state index contributed by atoms with van der Waals surface area (Å²) in [6, 6.07) is 7.42. The van der Waals surface area contributed by atoms with Crippen LogP contribution in [0.5, 0.6) is 0 Å². The van der Waals surface area contributed by atoms with Crippen molar-refractivity contribution in [1.29, 1.82) is 0 Å². The number of hydrogen-bond donors (Lipinski definition) is 3. The lowest BCUT2D eigenvalue weighted by atomic mass is 9.79. The van der Waals surface area contributed by atoms with Crippen molar-refractivity contribution in [3.8, 4) is 0 Å². The van der Waals surface area contributed by atoms with Crippen LogP contribution in [0.15, 0.2) is 24.3 Å². The molecule has 5 nitrogen and oxygen atoms in total. The van der Waals surface area contributed by atoms with Crippen LogP contribution < -0.4 is 16.6 Å². The third kappa shape index (κ3) is 4.18. The number of hydrazine groups is 1. The topological polar surface area (TPSA) is 70.4 Å². The molecule has 0 spiro atoms. The summed E-state index contributed by atoms with van der Waals surface area (Å²) in [4.78, 5) is 14.9. The number of hydrogen-bond acceptors (Lipinski definition) is 4. The van der Waals surface area contributed by atoms with Gasteiger partial charge in [-0.15, -0.1) is 0 Å². The van der Waals surface area contributed by atoms with Crippen molar-refractivity contribution in [3.05, 3.63) is 35.6 Å². The van der Waals surface area contributed by atoms with Crippen LogP contribution in [-0.4, -0.2) is 42.5 Å².